The molecule has 5 heteroatoms. The van der Waals surface area contributed by atoms with Crippen molar-refractivity contribution in [3.63, 3.8) is 0 Å². The Kier molecular flexibility index (Phi) is 3.28. The summed E-state index contributed by atoms with van der Waals surface area (Å²) in [6, 6.07) is 9.50. The van der Waals surface area contributed by atoms with E-state index in [9.17, 15) is 9.90 Å². The minimum atomic E-state index is -0.431. The van der Waals surface area contributed by atoms with E-state index in [1.54, 1.807) is 11.8 Å². The molecule has 2 heterocycles. The summed E-state index contributed by atoms with van der Waals surface area (Å²) in [5, 5.41) is 13.6. The molecule has 1 aliphatic rings. The van der Waals surface area contributed by atoms with E-state index in [4.69, 9.17) is 4.52 Å². The highest BCUT2D eigenvalue weighted by molar-refractivity contribution is 6.00. The molecule has 1 aromatic carbocycles. The molecular formula is C15H16N2O3. The number of aliphatic hydroxyl groups excluding tert-OH is 1. The van der Waals surface area contributed by atoms with Gasteiger partial charge in [-0.2, -0.15) is 0 Å². The van der Waals surface area contributed by atoms with Gasteiger partial charge in [-0.05, 0) is 13.3 Å². The van der Waals surface area contributed by atoms with Crippen LogP contribution >= 0.6 is 0 Å². The van der Waals surface area contributed by atoms with Crippen molar-refractivity contribution in [3.05, 3.63) is 41.7 Å². The molecule has 5 nitrogen and oxygen atoms in total. The Morgan fingerprint density at radius 1 is 1.40 bits per heavy atom. The van der Waals surface area contributed by atoms with Crippen molar-refractivity contribution >= 4 is 5.91 Å². The second-order valence-corrected chi connectivity index (χ2v) is 5.02. The molecule has 20 heavy (non-hydrogen) atoms. The molecule has 1 aromatic heterocycles. The van der Waals surface area contributed by atoms with Crippen molar-refractivity contribution in [2.24, 2.45) is 0 Å². The van der Waals surface area contributed by atoms with Gasteiger partial charge >= 0.3 is 0 Å². The molecule has 1 saturated heterocycles. The Balaban J connectivity index is 1.97. The molecule has 0 aliphatic carbocycles. The van der Waals surface area contributed by atoms with Crippen LogP contribution in [0.1, 0.15) is 22.5 Å². The lowest BCUT2D eigenvalue weighted by Crippen LogP contribution is -2.30. The number of aliphatic hydroxyl groups is 1. The van der Waals surface area contributed by atoms with Crippen LogP contribution in [0.3, 0.4) is 0 Å². The van der Waals surface area contributed by atoms with Crippen LogP contribution in [0.4, 0.5) is 0 Å². The second-order valence-electron chi connectivity index (χ2n) is 5.02. The minimum absolute atomic E-state index is 0.126. The number of aromatic nitrogens is 1. The highest BCUT2D eigenvalue weighted by Gasteiger charge is 2.30. The topological polar surface area (TPSA) is 66.6 Å². The summed E-state index contributed by atoms with van der Waals surface area (Å²) in [4.78, 5) is 14.2. The molecule has 1 atom stereocenters. The Hall–Kier alpha value is -2.14. The first-order chi connectivity index (χ1) is 9.66. The van der Waals surface area contributed by atoms with E-state index in [0.29, 0.717) is 36.5 Å². The van der Waals surface area contributed by atoms with Crippen LogP contribution in [-0.2, 0) is 0 Å². The van der Waals surface area contributed by atoms with Crippen LogP contribution in [0.25, 0.3) is 11.3 Å². The summed E-state index contributed by atoms with van der Waals surface area (Å²) in [6.07, 6.45) is 0.191. The summed E-state index contributed by atoms with van der Waals surface area (Å²) in [6.45, 7) is 2.68. The number of carbonyl (C=O) groups excluding carboxylic acids is 1. The molecule has 0 saturated carbocycles. The molecule has 1 amide bonds. The van der Waals surface area contributed by atoms with E-state index in [-0.39, 0.29) is 5.91 Å². The van der Waals surface area contributed by atoms with Gasteiger partial charge in [-0.1, -0.05) is 35.5 Å². The van der Waals surface area contributed by atoms with Crippen molar-refractivity contribution in [3.8, 4) is 11.3 Å². The molecule has 3 rings (SSSR count). The van der Waals surface area contributed by atoms with Crippen molar-refractivity contribution < 1.29 is 14.4 Å². The number of hydrogen-bond donors (Lipinski definition) is 1. The van der Waals surface area contributed by atoms with Crippen LogP contribution in [0.5, 0.6) is 0 Å². The van der Waals surface area contributed by atoms with E-state index < -0.39 is 6.10 Å². The van der Waals surface area contributed by atoms with Crippen molar-refractivity contribution in [2.75, 3.05) is 13.1 Å². The van der Waals surface area contributed by atoms with E-state index in [0.717, 1.165) is 5.56 Å². The fourth-order valence-corrected chi connectivity index (χ4v) is 2.50. The smallest absolute Gasteiger partial charge is 0.259 e. The molecule has 2 aromatic rings. The van der Waals surface area contributed by atoms with Crippen LogP contribution in [0.2, 0.25) is 0 Å². The minimum Gasteiger partial charge on any atom is -0.391 e. The summed E-state index contributed by atoms with van der Waals surface area (Å²) in [5.74, 6) is 0.384. The molecule has 0 unspecified atom stereocenters. The number of aryl methyl sites for hydroxylation is 1. The third kappa shape index (κ3) is 2.20. The highest BCUT2D eigenvalue weighted by atomic mass is 16.5. The number of nitrogens with zero attached hydrogens (tertiary/aromatic N) is 2. The monoisotopic (exact) mass is 272 g/mol. The number of carbonyl (C=O) groups is 1. The van der Waals surface area contributed by atoms with Crippen LogP contribution < -0.4 is 0 Å². The zero-order valence-corrected chi connectivity index (χ0v) is 11.2. The first-order valence-electron chi connectivity index (χ1n) is 6.66. The summed E-state index contributed by atoms with van der Waals surface area (Å²) >= 11 is 0. The van der Waals surface area contributed by atoms with Crippen LogP contribution in [0.15, 0.2) is 34.9 Å². The number of β-amino-alcohol motifs (C(OH)–C–C–N with tert-alkyl or cyclic N) is 1. The number of benzene rings is 1. The lowest BCUT2D eigenvalue weighted by atomic mass is 10.1. The average molecular weight is 272 g/mol. The van der Waals surface area contributed by atoms with E-state index in [1.807, 2.05) is 30.3 Å². The van der Waals surface area contributed by atoms with Gasteiger partial charge in [0.25, 0.3) is 5.91 Å². The Labute approximate surface area is 116 Å². The first-order valence-corrected chi connectivity index (χ1v) is 6.66. The molecule has 0 radical (unpaired) electrons. The van der Waals surface area contributed by atoms with Gasteiger partial charge in [0.15, 0.2) is 0 Å². The Bertz CT molecular complexity index is 621. The van der Waals surface area contributed by atoms with E-state index in [1.165, 1.54) is 0 Å². The largest absolute Gasteiger partial charge is 0.391 e. The lowest BCUT2D eigenvalue weighted by molar-refractivity contribution is 0.0764. The quantitative estimate of drug-likeness (QED) is 0.906. The summed E-state index contributed by atoms with van der Waals surface area (Å²) in [5.41, 5.74) is 1.91. The highest BCUT2D eigenvalue weighted by Crippen LogP contribution is 2.27. The van der Waals surface area contributed by atoms with Gasteiger partial charge < -0.3 is 14.5 Å². The Morgan fingerprint density at radius 3 is 2.80 bits per heavy atom. The zero-order valence-electron chi connectivity index (χ0n) is 11.2. The fraction of sp³-hybridized carbons (Fsp3) is 0.333. The maximum atomic E-state index is 12.6. The Morgan fingerprint density at radius 2 is 2.15 bits per heavy atom. The molecule has 104 valence electrons. The summed E-state index contributed by atoms with van der Waals surface area (Å²) in [7, 11) is 0. The molecule has 0 spiro atoms. The third-order valence-electron chi connectivity index (χ3n) is 3.57. The molecule has 1 fully saturated rings. The number of rotatable bonds is 2. The van der Waals surface area contributed by atoms with Gasteiger partial charge in [-0.25, -0.2) is 0 Å². The van der Waals surface area contributed by atoms with Gasteiger partial charge in [0.1, 0.15) is 17.0 Å². The average Bonchev–Trinajstić information content (AvgIpc) is 3.05. The lowest BCUT2D eigenvalue weighted by Gasteiger charge is -2.15. The predicted molar refractivity (Wildman–Crippen MR) is 73.2 cm³/mol. The predicted octanol–water partition coefficient (Wildman–Crippen LogP) is 1.86. The maximum Gasteiger partial charge on any atom is 0.259 e. The van der Waals surface area contributed by atoms with Crippen molar-refractivity contribution in [2.45, 2.75) is 19.4 Å². The van der Waals surface area contributed by atoms with Crippen LogP contribution in [-0.4, -0.2) is 40.3 Å². The third-order valence-corrected chi connectivity index (χ3v) is 3.57. The molecular weight excluding hydrogens is 256 g/mol. The SMILES string of the molecule is Cc1onc(-c2ccccc2)c1C(=O)N1CC[C@@H](O)C1. The standard InChI is InChI=1S/C15H16N2O3/c1-10-13(15(19)17-8-7-12(18)9-17)14(16-20-10)11-5-3-2-4-6-11/h2-6,12,18H,7-9H2,1H3/t12-/m1/s1. The molecule has 1 aliphatic heterocycles. The van der Waals surface area contributed by atoms with E-state index >= 15 is 0 Å². The van der Waals surface area contributed by atoms with Gasteiger partial charge in [0, 0.05) is 18.7 Å². The second kappa shape index (κ2) is 5.09. The van der Waals surface area contributed by atoms with Gasteiger partial charge in [0.05, 0.1) is 6.10 Å². The van der Waals surface area contributed by atoms with Crippen LogP contribution in [0, 0.1) is 6.92 Å². The summed E-state index contributed by atoms with van der Waals surface area (Å²) < 4.78 is 5.20. The normalized spacial score (nSPS) is 18.5. The number of amides is 1. The maximum absolute atomic E-state index is 12.6. The number of likely N-dealkylation sites (tertiary alicyclic amines) is 1. The molecule has 0 bridgehead atoms. The fourth-order valence-electron chi connectivity index (χ4n) is 2.50. The zero-order chi connectivity index (χ0) is 14.1. The van der Waals surface area contributed by atoms with Gasteiger partial charge in [-0.3, -0.25) is 4.79 Å². The van der Waals surface area contributed by atoms with Crippen molar-refractivity contribution in [1.29, 1.82) is 0 Å². The van der Waals surface area contributed by atoms with Gasteiger partial charge in [0.2, 0.25) is 0 Å². The first kappa shape index (κ1) is 12.9. The van der Waals surface area contributed by atoms with Gasteiger partial charge in [-0.15, -0.1) is 0 Å². The van der Waals surface area contributed by atoms with E-state index in [2.05, 4.69) is 5.16 Å². The number of hydrogen-bond acceptors (Lipinski definition) is 4. The molecule has 1 N–H and O–H groups in total. The van der Waals surface area contributed by atoms with Crippen molar-refractivity contribution in [1.82, 2.24) is 10.1 Å².